The molecule has 266 valence electrons. The number of carboxylic acid groups (broad SMARTS) is 1. The smallest absolute Gasteiger partial charge is 0.305 e. The molecule has 2 aliphatic rings. The van der Waals surface area contributed by atoms with Gasteiger partial charge in [-0.2, -0.15) is 0 Å². The van der Waals surface area contributed by atoms with Gasteiger partial charge in [-0.15, -0.1) is 0 Å². The van der Waals surface area contributed by atoms with Crippen molar-refractivity contribution in [2.75, 3.05) is 0 Å². The Kier molecular flexibility index (Phi) is 14.1. The van der Waals surface area contributed by atoms with Crippen LogP contribution in [0.3, 0.4) is 0 Å². The molecule has 8 atom stereocenters. The highest BCUT2D eigenvalue weighted by molar-refractivity contribution is 6.99. The van der Waals surface area contributed by atoms with E-state index in [1.807, 2.05) is 18.2 Å². The third-order valence-corrected chi connectivity index (χ3v) is 15.1. The first-order valence-electron chi connectivity index (χ1n) is 18.1. The SMILES string of the molecule is CC(C)C/C=C/[C@H](O)C[C@@H]1CC[C@H](C)[C@@H](C[C@H](O)C[C@@H]2C[C@@H](O[Si](c3ccccc3)(c3ccccc3)C(C)(C)C)C[C@H](CC(=O)O)O2)O1. The molecule has 8 heteroatoms. The minimum atomic E-state index is -2.87. The molecular formula is C40H60O7Si. The van der Waals surface area contributed by atoms with Crippen LogP contribution in [-0.2, 0) is 18.7 Å². The lowest BCUT2D eigenvalue weighted by molar-refractivity contribution is -0.149. The minimum absolute atomic E-state index is 0.0489. The van der Waals surface area contributed by atoms with E-state index in [1.165, 1.54) is 10.4 Å². The van der Waals surface area contributed by atoms with Crippen molar-refractivity contribution in [2.45, 2.75) is 147 Å². The number of hydrogen-bond donors (Lipinski definition) is 3. The number of hydrogen-bond acceptors (Lipinski definition) is 6. The standard InChI is InChI=1S/C40H60O7Si/c1-28(2)14-13-15-30(41)22-32-21-20-29(3)38(46-32)24-31(42)23-33-25-35(26-34(45-33)27-39(43)44)47-48(40(4,5)6,36-16-9-7-10-17-36)37-18-11-8-12-19-37/h7-13,15-19,28-35,38,41-42H,14,20-27H2,1-6H3,(H,43,44)/b15-13+/t29-,30-,31+,32-,33+,34+,35+,38+/m0/s1. The normalized spacial score (nSPS) is 26.9. The summed E-state index contributed by atoms with van der Waals surface area (Å²) in [6.07, 6.45) is 6.67. The number of carboxylic acids is 1. The van der Waals surface area contributed by atoms with Gasteiger partial charge in [0.25, 0.3) is 8.32 Å². The Balaban J connectivity index is 1.48. The highest BCUT2D eigenvalue weighted by Crippen LogP contribution is 2.40. The predicted octanol–water partition coefficient (Wildman–Crippen LogP) is 6.63. The number of aliphatic hydroxyl groups is 2. The van der Waals surface area contributed by atoms with Crippen LogP contribution in [-0.4, -0.2) is 72.3 Å². The van der Waals surface area contributed by atoms with E-state index in [2.05, 4.69) is 96.1 Å². The molecule has 0 unspecified atom stereocenters. The first-order valence-corrected chi connectivity index (χ1v) is 20.0. The van der Waals surface area contributed by atoms with Gasteiger partial charge in [0.2, 0.25) is 0 Å². The molecule has 0 amide bonds. The molecule has 2 heterocycles. The van der Waals surface area contributed by atoms with Crippen molar-refractivity contribution >= 4 is 24.7 Å². The van der Waals surface area contributed by atoms with Crippen LogP contribution in [0.15, 0.2) is 72.8 Å². The zero-order valence-corrected chi connectivity index (χ0v) is 31.0. The Morgan fingerprint density at radius 1 is 0.896 bits per heavy atom. The molecule has 4 rings (SSSR count). The number of aliphatic carboxylic acids is 1. The summed E-state index contributed by atoms with van der Waals surface area (Å²) in [5.74, 6) is -0.0544. The van der Waals surface area contributed by atoms with Crippen LogP contribution >= 0.6 is 0 Å². The number of rotatable bonds is 15. The molecule has 0 aliphatic carbocycles. The van der Waals surface area contributed by atoms with E-state index in [1.54, 1.807) is 0 Å². The van der Waals surface area contributed by atoms with E-state index in [0.29, 0.717) is 43.9 Å². The maximum Gasteiger partial charge on any atom is 0.305 e. The first kappa shape index (κ1) is 38.5. The zero-order chi connectivity index (χ0) is 34.9. The molecule has 0 saturated carbocycles. The topological polar surface area (TPSA) is 105 Å². The number of ether oxygens (including phenoxy) is 2. The lowest BCUT2D eigenvalue weighted by atomic mass is 9.87. The van der Waals surface area contributed by atoms with Gasteiger partial charge in [0.05, 0.1) is 49.1 Å². The van der Waals surface area contributed by atoms with Gasteiger partial charge < -0.3 is 29.2 Å². The molecule has 0 bridgehead atoms. The van der Waals surface area contributed by atoms with Gasteiger partial charge in [0.1, 0.15) is 0 Å². The summed E-state index contributed by atoms with van der Waals surface area (Å²) < 4.78 is 20.3. The van der Waals surface area contributed by atoms with E-state index in [9.17, 15) is 20.1 Å². The quantitative estimate of drug-likeness (QED) is 0.143. The van der Waals surface area contributed by atoms with E-state index in [-0.39, 0.29) is 35.9 Å². The van der Waals surface area contributed by atoms with Crippen LogP contribution in [0.25, 0.3) is 0 Å². The van der Waals surface area contributed by atoms with Gasteiger partial charge in [-0.05, 0) is 72.2 Å². The summed E-state index contributed by atoms with van der Waals surface area (Å²) in [6, 6.07) is 21.0. The van der Waals surface area contributed by atoms with Crippen LogP contribution in [0.5, 0.6) is 0 Å². The van der Waals surface area contributed by atoms with Gasteiger partial charge in [-0.1, -0.05) is 114 Å². The minimum Gasteiger partial charge on any atom is -0.481 e. The van der Waals surface area contributed by atoms with Crippen molar-refractivity contribution in [1.82, 2.24) is 0 Å². The summed E-state index contributed by atoms with van der Waals surface area (Å²) >= 11 is 0. The number of allylic oxidation sites excluding steroid dienone is 1. The Labute approximate surface area is 289 Å². The molecule has 2 aromatic carbocycles. The summed E-state index contributed by atoms with van der Waals surface area (Å²) in [5.41, 5.74) is 0. The molecule has 0 aromatic heterocycles. The molecule has 2 fully saturated rings. The lowest BCUT2D eigenvalue weighted by Gasteiger charge is -2.47. The molecule has 48 heavy (non-hydrogen) atoms. The Morgan fingerprint density at radius 3 is 2.06 bits per heavy atom. The Morgan fingerprint density at radius 2 is 1.50 bits per heavy atom. The molecular weight excluding hydrogens is 621 g/mol. The highest BCUT2D eigenvalue weighted by atomic mass is 28.4. The Bertz CT molecular complexity index is 1240. The van der Waals surface area contributed by atoms with Gasteiger partial charge >= 0.3 is 5.97 Å². The Hall–Kier alpha value is -2.33. The average Bonchev–Trinajstić information content (AvgIpc) is 3.01. The van der Waals surface area contributed by atoms with Crippen molar-refractivity contribution in [2.24, 2.45) is 11.8 Å². The van der Waals surface area contributed by atoms with Crippen LogP contribution in [0.1, 0.15) is 99.3 Å². The maximum atomic E-state index is 11.9. The second kappa shape index (κ2) is 17.5. The zero-order valence-electron chi connectivity index (χ0n) is 30.0. The molecule has 7 nitrogen and oxygen atoms in total. The monoisotopic (exact) mass is 680 g/mol. The van der Waals surface area contributed by atoms with Crippen LogP contribution in [0.2, 0.25) is 5.04 Å². The summed E-state index contributed by atoms with van der Waals surface area (Å²) in [7, 11) is -2.87. The third kappa shape index (κ3) is 10.6. The van der Waals surface area contributed by atoms with E-state index in [0.717, 1.165) is 19.3 Å². The number of carbonyl (C=O) groups is 1. The molecule has 0 spiro atoms. The molecule has 2 aliphatic heterocycles. The van der Waals surface area contributed by atoms with Crippen LogP contribution in [0.4, 0.5) is 0 Å². The summed E-state index contributed by atoms with van der Waals surface area (Å²) in [4.78, 5) is 11.9. The molecule has 0 radical (unpaired) electrons. The van der Waals surface area contributed by atoms with Gasteiger partial charge in [0, 0.05) is 6.42 Å². The second-order valence-corrected chi connectivity index (χ2v) is 19.9. The number of aliphatic hydroxyl groups excluding tert-OH is 2. The van der Waals surface area contributed by atoms with Crippen LogP contribution < -0.4 is 10.4 Å². The van der Waals surface area contributed by atoms with E-state index in [4.69, 9.17) is 13.9 Å². The van der Waals surface area contributed by atoms with Gasteiger partial charge in [-0.3, -0.25) is 4.79 Å². The van der Waals surface area contributed by atoms with Crippen molar-refractivity contribution < 1.29 is 34.0 Å². The van der Waals surface area contributed by atoms with Gasteiger partial charge in [-0.25, -0.2) is 0 Å². The maximum absolute atomic E-state index is 11.9. The fourth-order valence-electron chi connectivity index (χ4n) is 7.65. The summed E-state index contributed by atoms with van der Waals surface area (Å²) in [5, 5.41) is 33.9. The largest absolute Gasteiger partial charge is 0.481 e. The average molecular weight is 681 g/mol. The molecule has 2 aromatic rings. The number of benzene rings is 2. The van der Waals surface area contributed by atoms with Crippen molar-refractivity contribution in [3.05, 3.63) is 72.8 Å². The lowest BCUT2D eigenvalue weighted by Crippen LogP contribution is -2.68. The molecule has 3 N–H and O–H groups in total. The molecule has 2 saturated heterocycles. The van der Waals surface area contributed by atoms with Crippen molar-refractivity contribution in [3.63, 3.8) is 0 Å². The van der Waals surface area contributed by atoms with Crippen molar-refractivity contribution in [1.29, 1.82) is 0 Å². The highest BCUT2D eigenvalue weighted by Gasteiger charge is 2.52. The van der Waals surface area contributed by atoms with Crippen LogP contribution in [0, 0.1) is 11.8 Å². The predicted molar refractivity (Wildman–Crippen MR) is 194 cm³/mol. The van der Waals surface area contributed by atoms with Gasteiger partial charge in [0.15, 0.2) is 0 Å². The second-order valence-electron chi connectivity index (χ2n) is 15.7. The van der Waals surface area contributed by atoms with E-state index >= 15 is 0 Å². The van der Waals surface area contributed by atoms with E-state index < -0.39 is 32.6 Å². The first-order chi connectivity index (χ1) is 22.8. The van der Waals surface area contributed by atoms with Crippen molar-refractivity contribution in [3.8, 4) is 0 Å². The summed E-state index contributed by atoms with van der Waals surface area (Å²) in [6.45, 7) is 13.2. The third-order valence-electron chi connectivity index (χ3n) is 10.1. The fraction of sp³-hybridized carbons (Fsp3) is 0.625. The fourth-order valence-corrected chi connectivity index (χ4v) is 12.4.